The summed E-state index contributed by atoms with van der Waals surface area (Å²) in [6.07, 6.45) is 1.78. The number of aliphatic hydroxyl groups excluding tert-OH is 2. The number of fused-ring (bicyclic) bond motifs is 2. The third kappa shape index (κ3) is 7.79. The van der Waals surface area contributed by atoms with Crippen LogP contribution in [0.25, 0.3) is 16.8 Å². The molecule has 2 aliphatic rings. The first kappa shape index (κ1) is 41.4. The van der Waals surface area contributed by atoms with Crippen LogP contribution in [0.1, 0.15) is 52.5 Å². The summed E-state index contributed by atoms with van der Waals surface area (Å²) in [5.41, 5.74) is 2.90. The van der Waals surface area contributed by atoms with Gasteiger partial charge in [0.05, 0.1) is 41.8 Å². The van der Waals surface area contributed by atoms with Gasteiger partial charge in [-0.1, -0.05) is 129 Å². The van der Waals surface area contributed by atoms with Crippen LogP contribution in [0.5, 0.6) is 5.75 Å². The SMILES string of the molecule is C/C(=C\c1ccc(O)c2ccccc12)CC[C@@H](O)C1=C(CO[Si](c2ccccc2)(c2ccccc2)C(C)(C)C)C[C@H]2C(=O)N(c3cccc([N+](=O)[O-])c3)C(=O)[C@H]2[C@H]1CO. The van der Waals surface area contributed by atoms with Crippen molar-refractivity contribution in [1.29, 1.82) is 0 Å². The number of aromatic hydroxyl groups is 1. The number of phenolic OH excluding ortho intramolecular Hbond substituents is 1. The molecule has 1 aliphatic heterocycles. The predicted molar refractivity (Wildman–Crippen MR) is 233 cm³/mol. The minimum atomic E-state index is -3.11. The average molecular weight is 811 g/mol. The summed E-state index contributed by atoms with van der Waals surface area (Å²) in [6.45, 7) is 8.02. The van der Waals surface area contributed by atoms with Crippen LogP contribution < -0.4 is 15.3 Å². The largest absolute Gasteiger partial charge is 0.507 e. The van der Waals surface area contributed by atoms with Crippen molar-refractivity contribution in [2.45, 2.75) is 58.1 Å². The van der Waals surface area contributed by atoms with Gasteiger partial charge in [0, 0.05) is 23.4 Å². The van der Waals surface area contributed by atoms with Gasteiger partial charge in [-0.15, -0.1) is 0 Å². The molecule has 1 fully saturated rings. The van der Waals surface area contributed by atoms with E-state index in [4.69, 9.17) is 4.43 Å². The number of phenols is 1. The fourth-order valence-electron chi connectivity index (χ4n) is 9.34. The van der Waals surface area contributed by atoms with E-state index in [1.165, 1.54) is 24.3 Å². The molecule has 4 atom stereocenters. The number of carbonyl (C=O) groups is 2. The number of nitrogens with zero attached hydrogens (tertiary/aromatic N) is 2. The summed E-state index contributed by atoms with van der Waals surface area (Å²) in [4.78, 5) is 40.8. The molecule has 0 bridgehead atoms. The lowest BCUT2D eigenvalue weighted by Crippen LogP contribution is -2.66. The number of amides is 2. The van der Waals surface area contributed by atoms with Crippen molar-refractivity contribution < 1.29 is 34.3 Å². The van der Waals surface area contributed by atoms with Crippen LogP contribution in [-0.2, 0) is 14.0 Å². The molecule has 11 heteroatoms. The summed E-state index contributed by atoms with van der Waals surface area (Å²) in [6, 6.07) is 36.9. The smallest absolute Gasteiger partial charge is 0.271 e. The molecule has 0 unspecified atom stereocenters. The predicted octanol–water partition coefficient (Wildman–Crippen LogP) is 7.69. The van der Waals surface area contributed by atoms with Crippen LogP contribution in [0.2, 0.25) is 5.04 Å². The number of benzene rings is 5. The lowest BCUT2D eigenvalue weighted by Gasteiger charge is -2.44. The first-order valence-corrected chi connectivity index (χ1v) is 21.9. The van der Waals surface area contributed by atoms with E-state index < -0.39 is 55.5 Å². The number of non-ortho nitro benzene ring substituents is 1. The van der Waals surface area contributed by atoms with Crippen LogP contribution in [0.4, 0.5) is 11.4 Å². The van der Waals surface area contributed by atoms with Crippen LogP contribution in [0.15, 0.2) is 138 Å². The fourth-order valence-corrected chi connectivity index (χ4v) is 13.9. The molecule has 10 nitrogen and oxygen atoms in total. The normalized spacial score (nSPS) is 19.3. The molecule has 1 aliphatic carbocycles. The molecule has 0 radical (unpaired) electrons. The van der Waals surface area contributed by atoms with Gasteiger partial charge in [-0.2, -0.15) is 0 Å². The summed E-state index contributed by atoms with van der Waals surface area (Å²) in [5, 5.41) is 49.0. The monoisotopic (exact) mass is 810 g/mol. The minimum Gasteiger partial charge on any atom is -0.507 e. The van der Waals surface area contributed by atoms with Gasteiger partial charge >= 0.3 is 0 Å². The van der Waals surface area contributed by atoms with E-state index in [0.717, 1.165) is 37.2 Å². The number of hydrogen-bond donors (Lipinski definition) is 3. The molecule has 59 heavy (non-hydrogen) atoms. The van der Waals surface area contributed by atoms with Crippen molar-refractivity contribution >= 4 is 58.7 Å². The zero-order valence-corrected chi connectivity index (χ0v) is 34.7. The summed E-state index contributed by atoms with van der Waals surface area (Å²) < 4.78 is 7.37. The molecule has 1 saturated heterocycles. The summed E-state index contributed by atoms with van der Waals surface area (Å²) >= 11 is 0. The molecule has 3 N–H and O–H groups in total. The zero-order valence-electron chi connectivity index (χ0n) is 33.7. The molecule has 2 amide bonds. The Morgan fingerprint density at radius 1 is 0.898 bits per heavy atom. The van der Waals surface area contributed by atoms with E-state index >= 15 is 0 Å². The summed E-state index contributed by atoms with van der Waals surface area (Å²) in [5.74, 6) is -3.65. The molecular formula is C48H50N2O8Si. The third-order valence-electron chi connectivity index (χ3n) is 12.1. The molecule has 0 saturated carbocycles. The van der Waals surface area contributed by atoms with Crippen LogP contribution >= 0.6 is 0 Å². The van der Waals surface area contributed by atoms with Crippen LogP contribution in [-0.4, -0.2) is 59.7 Å². The van der Waals surface area contributed by atoms with Crippen LogP contribution in [0, 0.1) is 27.9 Å². The van der Waals surface area contributed by atoms with Gasteiger partial charge in [0.2, 0.25) is 11.8 Å². The number of nitro benzene ring substituents is 1. The molecule has 7 rings (SSSR count). The number of imide groups is 1. The number of carbonyl (C=O) groups excluding carboxylic acids is 2. The van der Waals surface area contributed by atoms with E-state index in [0.29, 0.717) is 17.6 Å². The quantitative estimate of drug-likeness (QED) is 0.0360. The topological polar surface area (TPSA) is 150 Å². The fraction of sp³-hybridized carbons (Fsp3) is 0.292. The third-order valence-corrected chi connectivity index (χ3v) is 17.0. The Bertz CT molecular complexity index is 2400. The molecule has 0 spiro atoms. The van der Waals surface area contributed by atoms with Crippen molar-refractivity contribution in [3.63, 3.8) is 0 Å². The Labute approximate surface area is 345 Å². The maximum atomic E-state index is 14.4. The number of anilines is 1. The van der Waals surface area contributed by atoms with Crippen molar-refractivity contribution in [2.75, 3.05) is 18.1 Å². The first-order chi connectivity index (χ1) is 28.3. The number of allylic oxidation sites excluding steroid dienone is 1. The maximum Gasteiger partial charge on any atom is 0.271 e. The van der Waals surface area contributed by atoms with Crippen LogP contribution in [0.3, 0.4) is 0 Å². The van der Waals surface area contributed by atoms with Gasteiger partial charge in [-0.05, 0) is 75.8 Å². The lowest BCUT2D eigenvalue weighted by molar-refractivity contribution is -0.384. The van der Waals surface area contributed by atoms with E-state index in [1.54, 1.807) is 6.07 Å². The van der Waals surface area contributed by atoms with Gasteiger partial charge < -0.3 is 19.7 Å². The molecular weight excluding hydrogens is 761 g/mol. The van der Waals surface area contributed by atoms with E-state index in [1.807, 2.05) is 79.7 Å². The van der Waals surface area contributed by atoms with Crippen molar-refractivity contribution in [2.24, 2.45) is 17.8 Å². The Hall–Kier alpha value is -5.72. The zero-order chi connectivity index (χ0) is 42.1. The van der Waals surface area contributed by atoms with Crippen molar-refractivity contribution in [1.82, 2.24) is 0 Å². The highest BCUT2D eigenvalue weighted by Gasteiger charge is 2.56. The Morgan fingerprint density at radius 3 is 2.14 bits per heavy atom. The molecule has 304 valence electrons. The molecule has 5 aromatic rings. The highest BCUT2D eigenvalue weighted by molar-refractivity contribution is 6.99. The second kappa shape index (κ2) is 16.9. The Balaban J connectivity index is 1.29. The van der Waals surface area contributed by atoms with E-state index in [9.17, 15) is 35.0 Å². The second-order valence-corrected chi connectivity index (χ2v) is 21.0. The second-order valence-electron chi connectivity index (χ2n) is 16.7. The van der Waals surface area contributed by atoms with E-state index in [2.05, 4.69) is 45.0 Å². The van der Waals surface area contributed by atoms with Crippen molar-refractivity contribution in [3.8, 4) is 5.75 Å². The number of aliphatic hydroxyl groups is 2. The first-order valence-electron chi connectivity index (χ1n) is 20.0. The standard InChI is InChI=1S/C48H50N2O8Si/c1-31(26-32-23-25-42(52)39-21-12-11-20-38(32)39)22-24-43(53)44-33(30-58-59(48(2,3)4,36-16-7-5-8-17-36)37-18-9-6-10-19-37)27-40-45(41(44)29-51)47(55)49(46(40)54)34-14-13-15-35(28-34)50(56)57/h5-21,23,25-26,28,40-41,43,45,51-53H,22,24,27,29-30H2,1-4H3/b31-26+/t40-,41+,43-,45-/m1/s1. The maximum absolute atomic E-state index is 14.4. The highest BCUT2D eigenvalue weighted by atomic mass is 28.4. The minimum absolute atomic E-state index is 0.0476. The Morgan fingerprint density at radius 2 is 1.53 bits per heavy atom. The lowest BCUT2D eigenvalue weighted by atomic mass is 9.68. The molecule has 0 aromatic heterocycles. The highest BCUT2D eigenvalue weighted by Crippen LogP contribution is 2.48. The average Bonchev–Trinajstić information content (AvgIpc) is 3.49. The number of rotatable bonds is 13. The Kier molecular flexibility index (Phi) is 11.8. The summed E-state index contributed by atoms with van der Waals surface area (Å²) in [7, 11) is -3.11. The molecule has 1 heterocycles. The van der Waals surface area contributed by atoms with Gasteiger partial charge in [0.25, 0.3) is 14.0 Å². The molecule has 5 aromatic carbocycles. The van der Waals surface area contributed by atoms with Gasteiger partial charge in [-0.25, -0.2) is 4.90 Å². The number of nitro groups is 1. The van der Waals surface area contributed by atoms with Gasteiger partial charge in [-0.3, -0.25) is 19.7 Å². The van der Waals surface area contributed by atoms with Gasteiger partial charge in [0.15, 0.2) is 0 Å². The number of hydrogen-bond acceptors (Lipinski definition) is 8. The van der Waals surface area contributed by atoms with Crippen molar-refractivity contribution in [3.05, 3.63) is 154 Å². The van der Waals surface area contributed by atoms with Gasteiger partial charge in [0.1, 0.15) is 5.75 Å². The van der Waals surface area contributed by atoms with E-state index in [-0.39, 0.29) is 41.6 Å².